The molecule has 1 aromatic carbocycles. The van der Waals surface area contributed by atoms with Crippen molar-refractivity contribution in [1.29, 1.82) is 0 Å². The molecule has 1 aromatic rings. The topological polar surface area (TPSA) is 50.4 Å². The Morgan fingerprint density at radius 3 is 2.65 bits per heavy atom. The Morgan fingerprint density at radius 2 is 2.10 bits per heavy atom. The molecule has 2 rings (SSSR count). The maximum atomic E-state index is 5.96. The first-order chi connectivity index (χ1) is 8.98. The number of halogens is 1. The monoisotopic (exact) mass is 387 g/mol. The number of nitrogens with two attached hydrogens (primary N) is 1. The highest BCUT2D eigenvalue weighted by Gasteiger charge is 2.31. The number of anilines is 1. The molecule has 0 atom stereocenters. The van der Waals surface area contributed by atoms with E-state index >= 15 is 0 Å². The van der Waals surface area contributed by atoms with E-state index in [4.69, 9.17) is 5.73 Å². The fraction of sp³-hybridized carbons (Fsp3) is 0.562. The lowest BCUT2D eigenvalue weighted by Gasteiger charge is -2.36. The Balaban J connectivity index is 0.00000200. The second-order valence-electron chi connectivity index (χ2n) is 6.27. The van der Waals surface area contributed by atoms with Gasteiger partial charge in [0.05, 0.1) is 0 Å². The Bertz CT molecular complexity index is 465. The summed E-state index contributed by atoms with van der Waals surface area (Å²) in [7, 11) is 0. The maximum Gasteiger partial charge on any atom is 0.193 e. The summed E-state index contributed by atoms with van der Waals surface area (Å²) in [6.45, 7) is 7.49. The van der Waals surface area contributed by atoms with Gasteiger partial charge in [0, 0.05) is 12.2 Å². The van der Waals surface area contributed by atoms with E-state index in [0.29, 0.717) is 17.3 Å². The minimum Gasteiger partial charge on any atom is -0.370 e. The van der Waals surface area contributed by atoms with Gasteiger partial charge in [-0.15, -0.1) is 24.0 Å². The molecule has 0 aromatic heterocycles. The molecule has 0 unspecified atom stereocenters. The van der Waals surface area contributed by atoms with Crippen LogP contribution in [-0.2, 0) is 0 Å². The van der Waals surface area contributed by atoms with E-state index in [9.17, 15) is 0 Å². The molecule has 0 spiro atoms. The zero-order valence-electron chi connectivity index (χ0n) is 12.6. The third-order valence-corrected chi connectivity index (χ3v) is 4.02. The lowest BCUT2D eigenvalue weighted by Crippen LogP contribution is -2.31. The molecule has 112 valence electrons. The summed E-state index contributed by atoms with van der Waals surface area (Å²) in [4.78, 5) is 4.47. The van der Waals surface area contributed by atoms with E-state index in [-0.39, 0.29) is 24.0 Å². The first kappa shape index (κ1) is 17.3. The fourth-order valence-electron chi connectivity index (χ4n) is 2.38. The molecular formula is C16H26IN3. The van der Waals surface area contributed by atoms with Gasteiger partial charge in [-0.25, -0.2) is 0 Å². The first-order valence-electron chi connectivity index (χ1n) is 7.15. The van der Waals surface area contributed by atoms with Crippen LogP contribution in [0.3, 0.4) is 0 Å². The summed E-state index contributed by atoms with van der Waals surface area (Å²) >= 11 is 0. The third kappa shape index (κ3) is 4.65. The van der Waals surface area contributed by atoms with Gasteiger partial charge in [0.15, 0.2) is 5.96 Å². The number of aliphatic imine (C=N–C) groups is 1. The summed E-state index contributed by atoms with van der Waals surface area (Å²) in [6.07, 6.45) is 3.87. The second-order valence-corrected chi connectivity index (χ2v) is 6.27. The van der Waals surface area contributed by atoms with Gasteiger partial charge in [0.2, 0.25) is 0 Å². The van der Waals surface area contributed by atoms with E-state index in [1.807, 2.05) is 6.07 Å². The molecule has 0 radical (unpaired) electrons. The van der Waals surface area contributed by atoms with Gasteiger partial charge >= 0.3 is 0 Å². The third-order valence-electron chi connectivity index (χ3n) is 4.02. The highest BCUT2D eigenvalue weighted by molar-refractivity contribution is 14.0. The molecule has 3 N–H and O–H groups in total. The van der Waals surface area contributed by atoms with Crippen molar-refractivity contribution in [2.24, 2.45) is 16.1 Å². The minimum absolute atomic E-state index is 0. The van der Waals surface area contributed by atoms with Crippen molar-refractivity contribution >= 4 is 35.6 Å². The second kappa shape index (κ2) is 7.29. The van der Waals surface area contributed by atoms with Crippen LogP contribution in [0.5, 0.6) is 0 Å². The lowest BCUT2D eigenvalue weighted by molar-refractivity contribution is 0.174. The van der Waals surface area contributed by atoms with E-state index in [1.54, 1.807) is 0 Å². The molecule has 0 amide bonds. The molecule has 1 aliphatic carbocycles. The molecule has 4 heteroatoms. The summed E-state index contributed by atoms with van der Waals surface area (Å²) < 4.78 is 0. The van der Waals surface area contributed by atoms with Gasteiger partial charge in [-0.2, -0.15) is 0 Å². The molecule has 0 saturated heterocycles. The molecule has 0 heterocycles. The van der Waals surface area contributed by atoms with E-state index in [2.05, 4.69) is 49.3 Å². The zero-order chi connectivity index (χ0) is 13.9. The van der Waals surface area contributed by atoms with Crippen molar-refractivity contribution in [3.63, 3.8) is 0 Å². The Morgan fingerprint density at radius 1 is 1.40 bits per heavy atom. The standard InChI is InChI=1S/C16H25N3.HI/c1-12(2)13-6-4-7-14(10-13)19-15(17)18-11-16(3)8-5-9-16;/h4,6-7,10,12H,5,8-9,11H2,1-3H3,(H3,17,18,19);1H. The van der Waals surface area contributed by atoms with Crippen molar-refractivity contribution < 1.29 is 0 Å². The molecular weight excluding hydrogens is 361 g/mol. The number of benzene rings is 1. The fourth-order valence-corrected chi connectivity index (χ4v) is 2.38. The average molecular weight is 387 g/mol. The zero-order valence-corrected chi connectivity index (χ0v) is 15.0. The van der Waals surface area contributed by atoms with Crippen LogP contribution in [0.25, 0.3) is 0 Å². The van der Waals surface area contributed by atoms with Crippen molar-refractivity contribution in [3.05, 3.63) is 29.8 Å². The molecule has 1 fully saturated rings. The van der Waals surface area contributed by atoms with Crippen LogP contribution in [0.2, 0.25) is 0 Å². The summed E-state index contributed by atoms with van der Waals surface area (Å²) in [5.74, 6) is 1.04. The van der Waals surface area contributed by atoms with Crippen LogP contribution in [0.1, 0.15) is 51.5 Å². The highest BCUT2D eigenvalue weighted by atomic mass is 127. The number of hydrogen-bond acceptors (Lipinski definition) is 1. The largest absolute Gasteiger partial charge is 0.370 e. The maximum absolute atomic E-state index is 5.96. The van der Waals surface area contributed by atoms with E-state index in [0.717, 1.165) is 12.2 Å². The van der Waals surface area contributed by atoms with Crippen LogP contribution in [-0.4, -0.2) is 12.5 Å². The predicted octanol–water partition coefficient (Wildman–Crippen LogP) is 4.34. The normalized spacial score (nSPS) is 17.3. The molecule has 0 bridgehead atoms. The molecule has 1 aliphatic rings. The van der Waals surface area contributed by atoms with E-state index in [1.165, 1.54) is 24.8 Å². The number of hydrogen-bond donors (Lipinski definition) is 2. The number of rotatable bonds is 4. The molecule has 1 saturated carbocycles. The number of nitrogens with one attached hydrogen (secondary N) is 1. The smallest absolute Gasteiger partial charge is 0.193 e. The average Bonchev–Trinajstić information content (AvgIpc) is 2.34. The van der Waals surface area contributed by atoms with Gasteiger partial charge in [0.1, 0.15) is 0 Å². The molecule has 3 nitrogen and oxygen atoms in total. The summed E-state index contributed by atoms with van der Waals surface area (Å²) in [6, 6.07) is 8.36. The number of guanidine groups is 1. The van der Waals surface area contributed by atoms with Gasteiger partial charge in [0.25, 0.3) is 0 Å². The van der Waals surface area contributed by atoms with Crippen LogP contribution in [0, 0.1) is 5.41 Å². The predicted molar refractivity (Wildman–Crippen MR) is 98.0 cm³/mol. The van der Waals surface area contributed by atoms with Gasteiger partial charge in [-0.1, -0.05) is 39.3 Å². The van der Waals surface area contributed by atoms with Crippen LogP contribution in [0.15, 0.2) is 29.3 Å². The quantitative estimate of drug-likeness (QED) is 0.459. The molecule has 20 heavy (non-hydrogen) atoms. The summed E-state index contributed by atoms with van der Waals surface area (Å²) in [5, 5.41) is 3.19. The molecule has 0 aliphatic heterocycles. The minimum atomic E-state index is 0. The summed E-state index contributed by atoms with van der Waals surface area (Å²) in [5.41, 5.74) is 8.67. The van der Waals surface area contributed by atoms with Gasteiger partial charge < -0.3 is 11.1 Å². The van der Waals surface area contributed by atoms with Crippen molar-refractivity contribution in [2.45, 2.75) is 46.0 Å². The van der Waals surface area contributed by atoms with E-state index < -0.39 is 0 Å². The van der Waals surface area contributed by atoms with Crippen LogP contribution >= 0.6 is 24.0 Å². The van der Waals surface area contributed by atoms with Crippen molar-refractivity contribution in [3.8, 4) is 0 Å². The van der Waals surface area contributed by atoms with Crippen LogP contribution < -0.4 is 11.1 Å². The highest BCUT2D eigenvalue weighted by Crippen LogP contribution is 2.40. The van der Waals surface area contributed by atoms with Crippen molar-refractivity contribution in [1.82, 2.24) is 0 Å². The van der Waals surface area contributed by atoms with Crippen molar-refractivity contribution in [2.75, 3.05) is 11.9 Å². The Labute approximate surface area is 139 Å². The lowest BCUT2D eigenvalue weighted by atomic mass is 9.71. The van der Waals surface area contributed by atoms with Crippen LogP contribution in [0.4, 0.5) is 5.69 Å². The van der Waals surface area contributed by atoms with Gasteiger partial charge in [-0.3, -0.25) is 4.99 Å². The van der Waals surface area contributed by atoms with Gasteiger partial charge in [-0.05, 0) is 41.9 Å². The first-order valence-corrected chi connectivity index (χ1v) is 7.15. The Hall–Kier alpha value is -0.780. The Kier molecular flexibility index (Phi) is 6.30. The SMILES string of the molecule is CC(C)c1cccc(NC(N)=NCC2(C)CCC2)c1.I. The number of nitrogens with zero attached hydrogens (tertiary/aromatic N) is 1.